The van der Waals surface area contributed by atoms with Gasteiger partial charge in [0, 0.05) is 0 Å². The van der Waals surface area contributed by atoms with Gasteiger partial charge in [-0.1, -0.05) is 19.8 Å². The van der Waals surface area contributed by atoms with Crippen LogP contribution in [0.3, 0.4) is 0 Å². The molecule has 0 radical (unpaired) electrons. The zero-order chi connectivity index (χ0) is 22.3. The molecule has 1 amide bonds. The second-order valence-electron chi connectivity index (χ2n) is 8.65. The molecular formula is C21H38ClFN2O5. The van der Waals surface area contributed by atoms with Crippen LogP contribution in [0.25, 0.3) is 0 Å². The highest BCUT2D eigenvalue weighted by molar-refractivity contribution is 6.21. The molecule has 30 heavy (non-hydrogen) atoms. The Hall–Kier alpha value is -0.510. The van der Waals surface area contributed by atoms with E-state index in [1.54, 1.807) is 6.92 Å². The van der Waals surface area contributed by atoms with Crippen molar-refractivity contribution < 1.29 is 29.2 Å². The van der Waals surface area contributed by atoms with Crippen molar-refractivity contribution >= 4 is 17.5 Å². The van der Waals surface area contributed by atoms with Crippen LogP contribution < -0.4 is 10.6 Å². The minimum absolute atomic E-state index is 0.221. The lowest BCUT2D eigenvalue weighted by Gasteiger charge is -2.44. The van der Waals surface area contributed by atoms with E-state index in [2.05, 4.69) is 10.6 Å². The fraction of sp³-hybridized carbons (Fsp3) is 0.952. The van der Waals surface area contributed by atoms with Crippen LogP contribution in [0.2, 0.25) is 0 Å². The van der Waals surface area contributed by atoms with Crippen molar-refractivity contribution in [3.63, 3.8) is 0 Å². The molecule has 0 aromatic heterocycles. The van der Waals surface area contributed by atoms with Crippen LogP contribution in [0.4, 0.5) is 4.39 Å². The summed E-state index contributed by atoms with van der Waals surface area (Å²) in [5.41, 5.74) is 0. The number of hydrogen-bond donors (Lipinski definition) is 5. The minimum atomic E-state index is -1.37. The first-order chi connectivity index (χ1) is 14.3. The first-order valence-corrected chi connectivity index (χ1v) is 11.7. The summed E-state index contributed by atoms with van der Waals surface area (Å²) in [6.07, 6.45) is -0.103. The molecule has 9 atom stereocenters. The highest BCUT2D eigenvalue weighted by atomic mass is 35.5. The van der Waals surface area contributed by atoms with E-state index >= 15 is 0 Å². The number of amides is 1. The molecule has 2 rings (SSSR count). The van der Waals surface area contributed by atoms with Gasteiger partial charge in [0.2, 0.25) is 5.91 Å². The predicted octanol–water partition coefficient (Wildman–Crippen LogP) is 1.26. The van der Waals surface area contributed by atoms with E-state index in [-0.39, 0.29) is 18.6 Å². The van der Waals surface area contributed by atoms with E-state index in [0.717, 1.165) is 25.7 Å². The van der Waals surface area contributed by atoms with Crippen LogP contribution in [0.5, 0.6) is 0 Å². The molecule has 9 heteroatoms. The molecule has 0 aromatic carbocycles. The number of aliphatic hydroxyl groups excluding tert-OH is 3. The zero-order valence-electron chi connectivity index (χ0n) is 18.0. The highest BCUT2D eigenvalue weighted by Crippen LogP contribution is 2.28. The van der Waals surface area contributed by atoms with Gasteiger partial charge in [0.05, 0.1) is 30.2 Å². The molecule has 2 aliphatic heterocycles. The highest BCUT2D eigenvalue weighted by Gasteiger charge is 2.47. The molecule has 176 valence electrons. The second kappa shape index (κ2) is 12.5. The molecule has 2 saturated heterocycles. The number of ether oxygens (including phenoxy) is 1. The Morgan fingerprint density at radius 3 is 2.57 bits per heavy atom. The Morgan fingerprint density at radius 2 is 1.93 bits per heavy atom. The summed E-state index contributed by atoms with van der Waals surface area (Å²) in [6, 6.07) is -1.11. The van der Waals surface area contributed by atoms with Crippen LogP contribution in [0.1, 0.15) is 58.8 Å². The van der Waals surface area contributed by atoms with Crippen molar-refractivity contribution in [2.45, 2.75) is 107 Å². The molecular weight excluding hydrogens is 415 g/mol. The van der Waals surface area contributed by atoms with E-state index in [1.807, 2.05) is 6.92 Å². The maximum atomic E-state index is 12.9. The van der Waals surface area contributed by atoms with Gasteiger partial charge in [0.25, 0.3) is 0 Å². The summed E-state index contributed by atoms with van der Waals surface area (Å²) in [5.74, 6) is 0.261. The minimum Gasteiger partial charge on any atom is -0.388 e. The Bertz CT molecular complexity index is 528. The van der Waals surface area contributed by atoms with Gasteiger partial charge in [0.1, 0.15) is 24.4 Å². The average Bonchev–Trinajstić information content (AvgIpc) is 2.97. The van der Waals surface area contributed by atoms with Crippen molar-refractivity contribution in [1.29, 1.82) is 0 Å². The fourth-order valence-corrected chi connectivity index (χ4v) is 4.69. The van der Waals surface area contributed by atoms with Gasteiger partial charge >= 0.3 is 0 Å². The van der Waals surface area contributed by atoms with Crippen LogP contribution in [-0.4, -0.2) is 82.4 Å². The second-order valence-corrected chi connectivity index (χ2v) is 9.34. The number of carbonyl (C=O) groups excluding carboxylic acids is 1. The first-order valence-electron chi connectivity index (χ1n) is 11.2. The van der Waals surface area contributed by atoms with Gasteiger partial charge in [0.15, 0.2) is 0 Å². The third-order valence-electron chi connectivity index (χ3n) is 6.43. The SMILES string of the molecule is CCC1O[C@H]([C@H](NC(=O)[C@@H]2CC[C@H](CCCCF)CCN2)[C@H](C)Cl)[C@@H](O)C(O)[C@H]1O. The van der Waals surface area contributed by atoms with Gasteiger partial charge < -0.3 is 30.7 Å². The molecule has 0 spiro atoms. The first kappa shape index (κ1) is 25.7. The van der Waals surface area contributed by atoms with E-state index in [0.29, 0.717) is 31.7 Å². The van der Waals surface area contributed by atoms with Gasteiger partial charge in [-0.25, -0.2) is 0 Å². The van der Waals surface area contributed by atoms with Gasteiger partial charge in [-0.2, -0.15) is 0 Å². The summed E-state index contributed by atoms with van der Waals surface area (Å²) in [7, 11) is 0. The summed E-state index contributed by atoms with van der Waals surface area (Å²) in [6.45, 7) is 3.94. The molecule has 2 fully saturated rings. The number of aliphatic hydroxyl groups is 3. The molecule has 0 aliphatic carbocycles. The summed E-state index contributed by atoms with van der Waals surface area (Å²) < 4.78 is 18.2. The molecule has 2 heterocycles. The summed E-state index contributed by atoms with van der Waals surface area (Å²) in [5, 5.41) is 36.4. The van der Waals surface area contributed by atoms with Crippen LogP contribution in [-0.2, 0) is 9.53 Å². The van der Waals surface area contributed by atoms with Crippen LogP contribution in [0.15, 0.2) is 0 Å². The summed E-state index contributed by atoms with van der Waals surface area (Å²) in [4.78, 5) is 12.9. The van der Waals surface area contributed by atoms with Gasteiger partial charge in [-0.15, -0.1) is 11.6 Å². The van der Waals surface area contributed by atoms with E-state index in [9.17, 15) is 24.5 Å². The van der Waals surface area contributed by atoms with Crippen LogP contribution in [0, 0.1) is 5.92 Å². The molecule has 2 aliphatic rings. The lowest BCUT2D eigenvalue weighted by Crippen LogP contribution is -2.65. The Labute approximate surface area is 183 Å². The fourth-order valence-electron chi connectivity index (χ4n) is 4.49. The Balaban J connectivity index is 1.98. The zero-order valence-corrected chi connectivity index (χ0v) is 18.7. The largest absolute Gasteiger partial charge is 0.388 e. The van der Waals surface area contributed by atoms with Crippen molar-refractivity contribution in [2.24, 2.45) is 5.92 Å². The predicted molar refractivity (Wildman–Crippen MR) is 113 cm³/mol. The Morgan fingerprint density at radius 1 is 1.20 bits per heavy atom. The van der Waals surface area contributed by atoms with Crippen molar-refractivity contribution in [3.05, 3.63) is 0 Å². The maximum absolute atomic E-state index is 12.9. The normalized spacial score (nSPS) is 37.2. The summed E-state index contributed by atoms with van der Waals surface area (Å²) >= 11 is 6.33. The maximum Gasteiger partial charge on any atom is 0.237 e. The topological polar surface area (TPSA) is 111 Å². The number of carbonyl (C=O) groups is 1. The van der Waals surface area contributed by atoms with Crippen molar-refractivity contribution in [1.82, 2.24) is 10.6 Å². The standard InChI is InChI=1S/C21H38ClFN2O5/c1-3-15-17(26)18(27)19(28)20(30-15)16(12(2)22)25-21(29)14-8-7-13(9-11-24-14)6-4-5-10-23/h12-20,24,26-28H,3-11H2,1-2H3,(H,25,29)/t12-,13-,14-,15?,16+,17-,18?,19-,20+/m0/s1. The molecule has 0 aromatic rings. The van der Waals surface area contributed by atoms with E-state index < -0.39 is 41.9 Å². The van der Waals surface area contributed by atoms with Gasteiger partial charge in [-0.3, -0.25) is 9.18 Å². The molecule has 0 saturated carbocycles. The number of rotatable bonds is 9. The molecule has 7 nitrogen and oxygen atoms in total. The molecule has 2 unspecified atom stereocenters. The number of halogens is 2. The lowest BCUT2D eigenvalue weighted by atomic mass is 9.89. The monoisotopic (exact) mass is 452 g/mol. The number of alkyl halides is 2. The average molecular weight is 453 g/mol. The lowest BCUT2D eigenvalue weighted by molar-refractivity contribution is -0.228. The Kier molecular flexibility index (Phi) is 10.7. The third kappa shape index (κ3) is 6.74. The van der Waals surface area contributed by atoms with E-state index in [4.69, 9.17) is 16.3 Å². The van der Waals surface area contributed by atoms with Crippen molar-refractivity contribution in [3.8, 4) is 0 Å². The molecule has 0 bridgehead atoms. The van der Waals surface area contributed by atoms with Crippen LogP contribution >= 0.6 is 11.6 Å². The number of hydrogen-bond acceptors (Lipinski definition) is 6. The molecule has 5 N–H and O–H groups in total. The van der Waals surface area contributed by atoms with E-state index in [1.165, 1.54) is 0 Å². The third-order valence-corrected chi connectivity index (χ3v) is 6.70. The van der Waals surface area contributed by atoms with Gasteiger partial charge in [-0.05, 0) is 51.5 Å². The quantitative estimate of drug-likeness (QED) is 0.266. The smallest absolute Gasteiger partial charge is 0.237 e. The number of nitrogens with one attached hydrogen (secondary N) is 2. The number of unbranched alkanes of at least 4 members (excludes halogenated alkanes) is 1. The van der Waals surface area contributed by atoms with Crippen molar-refractivity contribution in [2.75, 3.05) is 13.2 Å².